The fourth-order valence-corrected chi connectivity index (χ4v) is 5.20. The molecule has 9 nitrogen and oxygen atoms in total. The molecule has 0 spiro atoms. The summed E-state index contributed by atoms with van der Waals surface area (Å²) in [5.74, 6) is 0.321. The van der Waals surface area contributed by atoms with E-state index in [4.69, 9.17) is 14.8 Å². The average molecular weight is 531 g/mol. The second-order valence-electron chi connectivity index (χ2n) is 12.2. The summed E-state index contributed by atoms with van der Waals surface area (Å²) in [5, 5.41) is 19.9. The van der Waals surface area contributed by atoms with Gasteiger partial charge < -0.3 is 14.7 Å². The van der Waals surface area contributed by atoms with Crippen molar-refractivity contribution in [1.29, 1.82) is 0 Å². The van der Waals surface area contributed by atoms with Crippen molar-refractivity contribution >= 4 is 17.4 Å². The Morgan fingerprint density at radius 3 is 2.46 bits per heavy atom. The number of piperidine rings is 1. The van der Waals surface area contributed by atoms with Crippen molar-refractivity contribution in [3.63, 3.8) is 0 Å². The van der Waals surface area contributed by atoms with E-state index in [0.717, 1.165) is 37.4 Å². The molecule has 1 fully saturated rings. The Bertz CT molecular complexity index is 1470. The van der Waals surface area contributed by atoms with Gasteiger partial charge in [-0.1, -0.05) is 44.2 Å². The minimum absolute atomic E-state index is 0.225. The van der Waals surface area contributed by atoms with E-state index in [1.807, 2.05) is 62.7 Å². The Morgan fingerprint density at radius 1 is 1.13 bits per heavy atom. The van der Waals surface area contributed by atoms with Crippen LogP contribution in [0.1, 0.15) is 76.1 Å². The summed E-state index contributed by atoms with van der Waals surface area (Å²) in [6.07, 6.45) is 3.28. The largest absolute Gasteiger partial charge is 0.479 e. The van der Waals surface area contributed by atoms with Gasteiger partial charge in [0.1, 0.15) is 5.82 Å². The van der Waals surface area contributed by atoms with Gasteiger partial charge >= 0.3 is 5.97 Å². The first-order valence-electron chi connectivity index (χ1n) is 13.5. The monoisotopic (exact) mass is 530 g/mol. The normalized spacial score (nSPS) is 16.5. The smallest absolute Gasteiger partial charge is 0.337 e. The zero-order valence-corrected chi connectivity index (χ0v) is 23.7. The molecule has 0 amide bonds. The first-order chi connectivity index (χ1) is 18.4. The van der Waals surface area contributed by atoms with Gasteiger partial charge in [-0.05, 0) is 57.6 Å². The maximum Gasteiger partial charge on any atom is 0.337 e. The summed E-state index contributed by atoms with van der Waals surface area (Å²) in [6.45, 7) is 13.6. The lowest BCUT2D eigenvalue weighted by Crippen LogP contribution is -2.40. The molecule has 1 saturated heterocycles. The minimum Gasteiger partial charge on any atom is -0.479 e. The Hall–Kier alpha value is -3.72. The van der Waals surface area contributed by atoms with Crippen molar-refractivity contribution in [2.45, 2.75) is 72.5 Å². The third-order valence-corrected chi connectivity index (χ3v) is 7.33. The summed E-state index contributed by atoms with van der Waals surface area (Å²) in [6, 6.07) is 14.2. The summed E-state index contributed by atoms with van der Waals surface area (Å²) in [7, 11) is 0. The van der Waals surface area contributed by atoms with E-state index in [2.05, 4.69) is 36.0 Å². The predicted molar refractivity (Wildman–Crippen MR) is 151 cm³/mol. The number of rotatable bonds is 7. The molecule has 0 aliphatic carbocycles. The number of nitrogens with zero attached hydrogens (tertiary/aromatic N) is 6. The third kappa shape index (κ3) is 5.68. The maximum absolute atomic E-state index is 12.6. The highest BCUT2D eigenvalue weighted by atomic mass is 16.5. The molecular formula is C30H38N6O3. The molecule has 1 aliphatic rings. The molecule has 1 aliphatic heterocycles. The second-order valence-corrected chi connectivity index (χ2v) is 12.2. The number of aliphatic carboxylic acids is 1. The van der Waals surface area contributed by atoms with E-state index in [-0.39, 0.29) is 5.41 Å². The van der Waals surface area contributed by atoms with Crippen LogP contribution in [-0.4, -0.2) is 54.1 Å². The van der Waals surface area contributed by atoms with Gasteiger partial charge in [0.2, 0.25) is 0 Å². The number of carboxylic acid groups (broad SMARTS) is 1. The zero-order valence-electron chi connectivity index (χ0n) is 23.7. The van der Waals surface area contributed by atoms with Crippen LogP contribution in [0.2, 0.25) is 0 Å². The zero-order chi connectivity index (χ0) is 27.9. The molecule has 3 aromatic heterocycles. The number of hydrogen-bond acceptors (Lipinski definition) is 6. The predicted octanol–water partition coefficient (Wildman–Crippen LogP) is 5.38. The summed E-state index contributed by atoms with van der Waals surface area (Å²) >= 11 is 0. The number of aryl methyl sites for hydroxylation is 1. The molecule has 206 valence electrons. The molecule has 5 rings (SSSR count). The van der Waals surface area contributed by atoms with Crippen LogP contribution in [-0.2, 0) is 16.0 Å². The van der Waals surface area contributed by atoms with Crippen LogP contribution in [0.5, 0.6) is 0 Å². The Balaban J connectivity index is 1.66. The van der Waals surface area contributed by atoms with Gasteiger partial charge in [0.25, 0.3) is 0 Å². The number of benzene rings is 1. The number of fused-ring (bicyclic) bond motifs is 1. The van der Waals surface area contributed by atoms with Crippen LogP contribution in [0.4, 0.5) is 5.82 Å². The van der Waals surface area contributed by atoms with Gasteiger partial charge in [-0.2, -0.15) is 9.61 Å². The Labute approximate surface area is 229 Å². The van der Waals surface area contributed by atoms with Crippen LogP contribution >= 0.6 is 0 Å². The Morgan fingerprint density at radius 2 is 1.82 bits per heavy atom. The van der Waals surface area contributed by atoms with E-state index < -0.39 is 17.7 Å². The molecule has 0 saturated carbocycles. The minimum atomic E-state index is -1.18. The lowest BCUT2D eigenvalue weighted by atomic mass is 9.82. The van der Waals surface area contributed by atoms with Gasteiger partial charge in [-0.25, -0.2) is 14.5 Å². The highest BCUT2D eigenvalue weighted by Gasteiger charge is 2.36. The van der Waals surface area contributed by atoms with E-state index >= 15 is 0 Å². The SMILES string of the molecule is Cc1nc2cc(-n3nccc3Cc3ccccc3)nn2c(N2CCC(C)(C)CC2)c1[C@H](OC(C)(C)C)C(=O)O. The average Bonchev–Trinajstić information content (AvgIpc) is 3.48. The Kier molecular flexibility index (Phi) is 6.97. The van der Waals surface area contributed by atoms with Gasteiger partial charge in [0, 0.05) is 37.5 Å². The highest BCUT2D eigenvalue weighted by Crippen LogP contribution is 2.38. The van der Waals surface area contributed by atoms with Crippen molar-refractivity contribution in [2.75, 3.05) is 18.0 Å². The number of aromatic nitrogens is 5. The van der Waals surface area contributed by atoms with Gasteiger partial charge in [0.15, 0.2) is 17.6 Å². The van der Waals surface area contributed by atoms with E-state index in [1.54, 1.807) is 10.7 Å². The molecule has 0 bridgehead atoms. The summed E-state index contributed by atoms with van der Waals surface area (Å²) in [4.78, 5) is 19.7. The van der Waals surface area contributed by atoms with Crippen molar-refractivity contribution in [1.82, 2.24) is 24.4 Å². The van der Waals surface area contributed by atoms with Crippen LogP contribution in [0.3, 0.4) is 0 Å². The molecule has 0 radical (unpaired) electrons. The van der Waals surface area contributed by atoms with Crippen LogP contribution in [0, 0.1) is 12.3 Å². The van der Waals surface area contributed by atoms with Crippen LogP contribution in [0.25, 0.3) is 11.5 Å². The highest BCUT2D eigenvalue weighted by molar-refractivity contribution is 5.78. The lowest BCUT2D eigenvalue weighted by molar-refractivity contribution is -0.160. The molecule has 4 aromatic rings. The maximum atomic E-state index is 12.6. The van der Waals surface area contributed by atoms with Crippen molar-refractivity contribution < 1.29 is 14.6 Å². The van der Waals surface area contributed by atoms with E-state index in [0.29, 0.717) is 29.1 Å². The second kappa shape index (κ2) is 10.1. The first kappa shape index (κ1) is 26.9. The molecule has 4 heterocycles. The van der Waals surface area contributed by atoms with E-state index in [9.17, 15) is 9.90 Å². The van der Waals surface area contributed by atoms with Crippen LogP contribution in [0.15, 0.2) is 48.7 Å². The molecule has 1 aromatic carbocycles. The quantitative estimate of drug-likeness (QED) is 0.342. The molecular weight excluding hydrogens is 492 g/mol. The van der Waals surface area contributed by atoms with Crippen molar-refractivity contribution in [2.24, 2.45) is 5.41 Å². The fraction of sp³-hybridized carbons (Fsp3) is 0.467. The first-order valence-corrected chi connectivity index (χ1v) is 13.5. The van der Waals surface area contributed by atoms with E-state index in [1.165, 1.54) is 5.56 Å². The third-order valence-electron chi connectivity index (χ3n) is 7.33. The number of carbonyl (C=O) groups is 1. The van der Waals surface area contributed by atoms with Gasteiger partial charge in [0.05, 0.1) is 16.9 Å². The number of ether oxygens (including phenoxy) is 1. The molecule has 0 unspecified atom stereocenters. The van der Waals surface area contributed by atoms with Crippen molar-refractivity contribution in [3.8, 4) is 5.82 Å². The van der Waals surface area contributed by atoms with Gasteiger partial charge in [-0.3, -0.25) is 0 Å². The summed E-state index contributed by atoms with van der Waals surface area (Å²) < 4.78 is 9.74. The fourth-order valence-electron chi connectivity index (χ4n) is 5.20. The van der Waals surface area contributed by atoms with Gasteiger partial charge in [-0.15, -0.1) is 5.10 Å². The molecule has 9 heteroatoms. The number of hydrogen-bond donors (Lipinski definition) is 1. The number of anilines is 1. The molecule has 1 N–H and O–H groups in total. The lowest BCUT2D eigenvalue weighted by Gasteiger charge is -2.39. The van der Waals surface area contributed by atoms with Crippen molar-refractivity contribution in [3.05, 3.63) is 71.2 Å². The standard InChI is InChI=1S/C30H38N6O3/c1-20-25(26(28(37)38)39-29(2,3)4)27(34-16-13-30(5,6)14-17-34)36-23(32-20)19-24(33-36)35-22(12-15-31-35)18-21-10-8-7-9-11-21/h7-12,15,19,26H,13-14,16-18H2,1-6H3,(H,37,38)/t26-/m0/s1. The van der Waals surface area contributed by atoms with Crippen LogP contribution < -0.4 is 4.90 Å². The summed E-state index contributed by atoms with van der Waals surface area (Å²) in [5.41, 5.74) is 3.55. The molecule has 1 atom stereocenters. The molecule has 39 heavy (non-hydrogen) atoms. The topological polar surface area (TPSA) is 97.8 Å². The number of carboxylic acids is 1.